The Kier molecular flexibility index (Phi) is 6.57. The maximum atomic E-state index is 14.0. The fourth-order valence-electron chi connectivity index (χ4n) is 3.50. The molecule has 0 saturated carbocycles. The quantitative estimate of drug-likeness (QED) is 0.372. The molecule has 0 aliphatic carbocycles. The average Bonchev–Trinajstić information content (AvgIpc) is 3.16. The summed E-state index contributed by atoms with van der Waals surface area (Å²) in [6.45, 7) is 1.11. The topological polar surface area (TPSA) is 43.3 Å². The van der Waals surface area contributed by atoms with E-state index in [1.165, 1.54) is 6.07 Å². The first kappa shape index (κ1) is 21.0. The Bertz CT molecular complexity index is 1210. The van der Waals surface area contributed by atoms with Crippen molar-refractivity contribution in [3.8, 4) is 5.75 Å². The van der Waals surface area contributed by atoms with Crippen LogP contribution in [0, 0.1) is 5.82 Å². The lowest BCUT2D eigenvalue weighted by molar-refractivity contribution is 0.0949. The largest absolute Gasteiger partial charge is 0.496 e. The molecule has 4 aromatic rings. The predicted octanol–water partition coefficient (Wildman–Crippen LogP) is 5.51. The Morgan fingerprint density at radius 1 is 1.03 bits per heavy atom. The molecule has 0 atom stereocenters. The van der Waals surface area contributed by atoms with E-state index >= 15 is 0 Å². The van der Waals surface area contributed by atoms with Crippen molar-refractivity contribution >= 4 is 28.6 Å². The Labute approximate surface area is 185 Å². The molecule has 1 aromatic heterocycles. The zero-order valence-electron chi connectivity index (χ0n) is 17.2. The highest BCUT2D eigenvalue weighted by Gasteiger charge is 2.13. The average molecular weight is 435 g/mol. The molecule has 0 fully saturated rings. The number of carbonyl (C=O) groups excluding carboxylic acids is 1. The molecule has 6 heteroatoms. The Hall–Kier alpha value is -3.25. The molecule has 0 aliphatic heterocycles. The number of hydrogen-bond acceptors (Lipinski definition) is 3. The fraction of sp³-hybridized carbons (Fsp3) is 0.160. The van der Waals surface area contributed by atoms with E-state index in [-0.39, 0.29) is 11.7 Å². The molecule has 1 N–H and O–H groups in total. The molecule has 0 unspecified atom stereocenters. The van der Waals surface area contributed by atoms with Crippen LogP contribution in [0.1, 0.15) is 15.9 Å². The number of amides is 1. The van der Waals surface area contributed by atoms with Crippen LogP contribution in [-0.4, -0.2) is 24.1 Å². The number of halogens is 1. The van der Waals surface area contributed by atoms with E-state index in [4.69, 9.17) is 4.74 Å². The van der Waals surface area contributed by atoms with Crippen molar-refractivity contribution in [2.24, 2.45) is 0 Å². The standard InChI is InChI=1S/C25H23FN2O2S/c1-30-23-13-7-4-10-20(23)25(29)27-14-15-28-16-24(19-9-3-6-12-22(19)28)31-17-18-8-2-5-11-21(18)26/h2-13,16H,14-15,17H2,1H3,(H,27,29). The molecular formula is C25H23FN2O2S. The molecule has 1 amide bonds. The second kappa shape index (κ2) is 9.71. The third kappa shape index (κ3) is 4.75. The van der Waals surface area contributed by atoms with E-state index < -0.39 is 0 Å². The minimum absolute atomic E-state index is 0.164. The molecule has 4 nitrogen and oxygen atoms in total. The van der Waals surface area contributed by atoms with Gasteiger partial charge in [0.15, 0.2) is 0 Å². The van der Waals surface area contributed by atoms with Crippen LogP contribution < -0.4 is 10.1 Å². The van der Waals surface area contributed by atoms with Crippen molar-refractivity contribution in [2.45, 2.75) is 17.2 Å². The van der Waals surface area contributed by atoms with Gasteiger partial charge in [-0.2, -0.15) is 0 Å². The minimum atomic E-state index is -0.183. The van der Waals surface area contributed by atoms with Gasteiger partial charge in [0.05, 0.1) is 12.7 Å². The van der Waals surface area contributed by atoms with Crippen LogP contribution in [0.5, 0.6) is 5.75 Å². The number of rotatable bonds is 8. The molecule has 0 aliphatic rings. The highest BCUT2D eigenvalue weighted by molar-refractivity contribution is 7.98. The normalized spacial score (nSPS) is 10.9. The highest BCUT2D eigenvalue weighted by atomic mass is 32.2. The molecule has 0 bridgehead atoms. The van der Waals surface area contributed by atoms with Gasteiger partial charge in [-0.3, -0.25) is 4.79 Å². The number of nitrogens with one attached hydrogen (secondary N) is 1. The Morgan fingerprint density at radius 3 is 2.61 bits per heavy atom. The maximum absolute atomic E-state index is 14.0. The monoisotopic (exact) mass is 434 g/mol. The summed E-state index contributed by atoms with van der Waals surface area (Å²) in [4.78, 5) is 13.6. The Balaban J connectivity index is 1.46. The van der Waals surface area contributed by atoms with Crippen LogP contribution in [-0.2, 0) is 12.3 Å². The lowest BCUT2D eigenvalue weighted by Crippen LogP contribution is -2.27. The van der Waals surface area contributed by atoms with E-state index in [0.717, 1.165) is 15.8 Å². The first-order valence-electron chi connectivity index (χ1n) is 10.0. The van der Waals surface area contributed by atoms with Crippen molar-refractivity contribution in [1.82, 2.24) is 9.88 Å². The number of methoxy groups -OCH3 is 1. The van der Waals surface area contributed by atoms with Gasteiger partial charge in [-0.15, -0.1) is 11.8 Å². The summed E-state index contributed by atoms with van der Waals surface area (Å²) in [5.41, 5.74) is 2.29. The second-order valence-electron chi connectivity index (χ2n) is 7.04. The number of hydrogen-bond donors (Lipinski definition) is 1. The van der Waals surface area contributed by atoms with Crippen molar-refractivity contribution in [1.29, 1.82) is 0 Å². The molecule has 1 heterocycles. The lowest BCUT2D eigenvalue weighted by atomic mass is 10.2. The van der Waals surface area contributed by atoms with Gasteiger partial charge < -0.3 is 14.6 Å². The maximum Gasteiger partial charge on any atom is 0.255 e. The van der Waals surface area contributed by atoms with Gasteiger partial charge in [0.1, 0.15) is 11.6 Å². The van der Waals surface area contributed by atoms with E-state index in [1.54, 1.807) is 37.1 Å². The summed E-state index contributed by atoms with van der Waals surface area (Å²) in [5, 5.41) is 4.09. The molecular weight excluding hydrogens is 411 g/mol. The molecule has 0 saturated heterocycles. The third-order valence-corrected chi connectivity index (χ3v) is 6.17. The number of fused-ring (bicyclic) bond motifs is 1. The lowest BCUT2D eigenvalue weighted by Gasteiger charge is -2.10. The van der Waals surface area contributed by atoms with Gasteiger partial charge >= 0.3 is 0 Å². The van der Waals surface area contributed by atoms with Crippen LogP contribution in [0.4, 0.5) is 4.39 Å². The van der Waals surface area contributed by atoms with Crippen LogP contribution in [0.15, 0.2) is 83.9 Å². The van der Waals surface area contributed by atoms with Crippen molar-refractivity contribution in [3.63, 3.8) is 0 Å². The zero-order chi connectivity index (χ0) is 21.6. The fourth-order valence-corrected chi connectivity index (χ4v) is 4.58. The molecule has 31 heavy (non-hydrogen) atoms. The molecule has 3 aromatic carbocycles. The van der Waals surface area contributed by atoms with Gasteiger partial charge in [-0.05, 0) is 29.8 Å². The van der Waals surface area contributed by atoms with E-state index in [2.05, 4.69) is 28.2 Å². The SMILES string of the molecule is COc1ccccc1C(=O)NCCn1cc(SCc2ccccc2F)c2ccccc21. The van der Waals surface area contributed by atoms with Gasteiger partial charge in [0, 0.05) is 40.8 Å². The number of benzene rings is 3. The summed E-state index contributed by atoms with van der Waals surface area (Å²) >= 11 is 1.61. The van der Waals surface area contributed by atoms with E-state index in [0.29, 0.717) is 35.7 Å². The van der Waals surface area contributed by atoms with Crippen molar-refractivity contribution in [2.75, 3.05) is 13.7 Å². The number of ether oxygens (including phenoxy) is 1. The van der Waals surface area contributed by atoms with E-state index in [1.807, 2.05) is 36.4 Å². The van der Waals surface area contributed by atoms with E-state index in [9.17, 15) is 9.18 Å². The van der Waals surface area contributed by atoms with Gasteiger partial charge in [-0.25, -0.2) is 4.39 Å². The number of nitrogens with zero attached hydrogens (tertiary/aromatic N) is 1. The van der Waals surface area contributed by atoms with Crippen LogP contribution in [0.2, 0.25) is 0 Å². The highest BCUT2D eigenvalue weighted by Crippen LogP contribution is 2.32. The predicted molar refractivity (Wildman–Crippen MR) is 123 cm³/mol. The smallest absolute Gasteiger partial charge is 0.255 e. The second-order valence-corrected chi connectivity index (χ2v) is 8.06. The van der Waals surface area contributed by atoms with Crippen LogP contribution >= 0.6 is 11.8 Å². The molecule has 4 rings (SSSR count). The Morgan fingerprint density at radius 2 is 1.77 bits per heavy atom. The molecule has 0 radical (unpaired) electrons. The molecule has 0 spiro atoms. The van der Waals surface area contributed by atoms with Crippen molar-refractivity contribution in [3.05, 3.63) is 95.9 Å². The molecule has 158 valence electrons. The third-order valence-electron chi connectivity index (χ3n) is 5.08. The van der Waals surface area contributed by atoms with Crippen LogP contribution in [0.3, 0.4) is 0 Å². The number of thioether (sulfide) groups is 1. The van der Waals surface area contributed by atoms with Gasteiger partial charge in [0.2, 0.25) is 0 Å². The first-order chi connectivity index (χ1) is 15.2. The summed E-state index contributed by atoms with van der Waals surface area (Å²) < 4.78 is 21.4. The summed E-state index contributed by atoms with van der Waals surface area (Å²) in [6, 6.07) is 22.2. The number of para-hydroxylation sites is 2. The first-order valence-corrected chi connectivity index (χ1v) is 11.0. The van der Waals surface area contributed by atoms with Crippen molar-refractivity contribution < 1.29 is 13.9 Å². The summed E-state index contributed by atoms with van der Waals surface area (Å²) in [5.74, 6) is 0.768. The number of aromatic nitrogens is 1. The summed E-state index contributed by atoms with van der Waals surface area (Å²) in [6.07, 6.45) is 2.07. The van der Waals surface area contributed by atoms with Crippen LogP contribution in [0.25, 0.3) is 10.9 Å². The van der Waals surface area contributed by atoms with Gasteiger partial charge in [0.25, 0.3) is 5.91 Å². The summed E-state index contributed by atoms with van der Waals surface area (Å²) in [7, 11) is 1.55. The zero-order valence-corrected chi connectivity index (χ0v) is 18.0. The number of carbonyl (C=O) groups is 1. The van der Waals surface area contributed by atoms with Gasteiger partial charge in [-0.1, -0.05) is 48.5 Å². The minimum Gasteiger partial charge on any atom is -0.496 e.